The Morgan fingerprint density at radius 3 is 2.87 bits per heavy atom. The van der Waals surface area contributed by atoms with Crippen LogP contribution in [0.1, 0.15) is 24.0 Å². The van der Waals surface area contributed by atoms with Crippen LogP contribution in [0.25, 0.3) is 0 Å². The Hall–Kier alpha value is -2.10. The van der Waals surface area contributed by atoms with Crippen molar-refractivity contribution in [2.75, 3.05) is 33.3 Å². The molecule has 0 atom stereocenters. The van der Waals surface area contributed by atoms with E-state index in [1.807, 2.05) is 12.1 Å². The van der Waals surface area contributed by atoms with E-state index < -0.39 is 0 Å². The number of carbonyl (C=O) groups is 1. The molecule has 2 amide bonds. The largest absolute Gasteiger partial charge is 0.381 e. The zero-order valence-electron chi connectivity index (χ0n) is 13.5. The summed E-state index contributed by atoms with van der Waals surface area (Å²) in [5.74, 6) is 0. The van der Waals surface area contributed by atoms with Crippen LogP contribution in [0.3, 0.4) is 0 Å². The molecule has 124 valence electrons. The van der Waals surface area contributed by atoms with Gasteiger partial charge in [-0.2, -0.15) is 5.26 Å². The number of hydrogen-bond acceptors (Lipinski definition) is 4. The van der Waals surface area contributed by atoms with Crippen molar-refractivity contribution in [3.05, 3.63) is 35.4 Å². The minimum atomic E-state index is -0.181. The molecule has 1 heterocycles. The Kier molecular flexibility index (Phi) is 6.85. The second kappa shape index (κ2) is 9.13. The number of urea groups is 1. The average Bonchev–Trinajstić information content (AvgIpc) is 2.61. The third kappa shape index (κ3) is 5.89. The number of methoxy groups -OCH3 is 1. The van der Waals surface area contributed by atoms with Crippen LogP contribution in [-0.2, 0) is 11.3 Å². The lowest BCUT2D eigenvalue weighted by atomic mass is 10.1. The first-order valence-electron chi connectivity index (χ1n) is 7.97. The number of nitrogens with zero attached hydrogens (tertiary/aromatic N) is 2. The molecular weight excluding hydrogens is 292 g/mol. The Labute approximate surface area is 137 Å². The summed E-state index contributed by atoms with van der Waals surface area (Å²) in [7, 11) is 1.76. The molecule has 0 aromatic heterocycles. The molecule has 1 aromatic rings. The van der Waals surface area contributed by atoms with Gasteiger partial charge in [0, 0.05) is 39.8 Å². The Morgan fingerprint density at radius 2 is 2.17 bits per heavy atom. The summed E-state index contributed by atoms with van der Waals surface area (Å²) >= 11 is 0. The molecule has 1 saturated heterocycles. The first kappa shape index (κ1) is 17.3. The molecular formula is C17H24N4O2. The van der Waals surface area contributed by atoms with Gasteiger partial charge in [0.15, 0.2) is 0 Å². The Morgan fingerprint density at radius 1 is 1.39 bits per heavy atom. The maximum Gasteiger partial charge on any atom is 0.315 e. The summed E-state index contributed by atoms with van der Waals surface area (Å²) in [6.45, 7) is 3.93. The molecule has 6 nitrogen and oxygen atoms in total. The van der Waals surface area contributed by atoms with Crippen molar-refractivity contribution in [1.29, 1.82) is 5.26 Å². The summed E-state index contributed by atoms with van der Waals surface area (Å²) in [6, 6.07) is 9.14. The molecule has 0 aliphatic carbocycles. The van der Waals surface area contributed by atoms with E-state index in [0.29, 0.717) is 24.8 Å². The zero-order valence-corrected chi connectivity index (χ0v) is 13.5. The predicted octanol–water partition coefficient (Wildman–Crippen LogP) is 1.47. The van der Waals surface area contributed by atoms with Crippen molar-refractivity contribution in [3.8, 4) is 6.07 Å². The van der Waals surface area contributed by atoms with Gasteiger partial charge in [0.05, 0.1) is 17.7 Å². The van der Waals surface area contributed by atoms with Crippen LogP contribution >= 0.6 is 0 Å². The number of nitriles is 1. The SMILES string of the molecule is COC1CCN(CCNC(=O)NCc2cccc(C#N)c2)CC1. The van der Waals surface area contributed by atoms with Crippen molar-refractivity contribution >= 4 is 6.03 Å². The number of nitrogens with one attached hydrogen (secondary N) is 2. The molecule has 0 saturated carbocycles. The van der Waals surface area contributed by atoms with Crippen LogP contribution in [0.2, 0.25) is 0 Å². The minimum absolute atomic E-state index is 0.181. The van der Waals surface area contributed by atoms with Gasteiger partial charge in [-0.05, 0) is 30.5 Å². The van der Waals surface area contributed by atoms with Gasteiger partial charge in [0.2, 0.25) is 0 Å². The number of rotatable bonds is 6. The highest BCUT2D eigenvalue weighted by Crippen LogP contribution is 2.11. The van der Waals surface area contributed by atoms with E-state index in [1.165, 1.54) is 0 Å². The Balaban J connectivity index is 1.61. The Bertz CT molecular complexity index is 548. The predicted molar refractivity (Wildman–Crippen MR) is 87.9 cm³/mol. The summed E-state index contributed by atoms with van der Waals surface area (Å²) in [6.07, 6.45) is 2.49. The number of carbonyl (C=O) groups excluding carboxylic acids is 1. The number of ether oxygens (including phenoxy) is 1. The van der Waals surface area contributed by atoms with Crippen molar-refractivity contribution in [2.45, 2.75) is 25.5 Å². The molecule has 0 radical (unpaired) electrons. The normalized spacial score (nSPS) is 15.8. The van der Waals surface area contributed by atoms with E-state index in [4.69, 9.17) is 10.00 Å². The van der Waals surface area contributed by atoms with Gasteiger partial charge in [-0.25, -0.2) is 4.79 Å². The number of piperidine rings is 1. The van der Waals surface area contributed by atoms with Crippen LogP contribution in [0.4, 0.5) is 4.79 Å². The first-order valence-corrected chi connectivity index (χ1v) is 7.97. The molecule has 1 aliphatic heterocycles. The quantitative estimate of drug-likeness (QED) is 0.833. The number of amides is 2. The molecule has 1 aliphatic rings. The third-order valence-electron chi connectivity index (χ3n) is 4.09. The van der Waals surface area contributed by atoms with Gasteiger partial charge in [-0.1, -0.05) is 12.1 Å². The molecule has 2 rings (SSSR count). The van der Waals surface area contributed by atoms with E-state index in [1.54, 1.807) is 19.2 Å². The number of benzene rings is 1. The van der Waals surface area contributed by atoms with Crippen molar-refractivity contribution in [2.24, 2.45) is 0 Å². The fraction of sp³-hybridized carbons (Fsp3) is 0.529. The van der Waals surface area contributed by atoms with Crippen LogP contribution in [0, 0.1) is 11.3 Å². The lowest BCUT2D eigenvalue weighted by molar-refractivity contribution is 0.0416. The molecule has 1 aromatic carbocycles. The van der Waals surface area contributed by atoms with Gasteiger partial charge < -0.3 is 20.3 Å². The highest BCUT2D eigenvalue weighted by molar-refractivity contribution is 5.73. The maximum absolute atomic E-state index is 11.8. The first-order chi connectivity index (χ1) is 11.2. The van der Waals surface area contributed by atoms with Gasteiger partial charge in [0.25, 0.3) is 0 Å². The molecule has 2 N–H and O–H groups in total. The summed E-state index contributed by atoms with van der Waals surface area (Å²) < 4.78 is 5.35. The standard InChI is InChI=1S/C17H24N4O2/c1-23-16-5-8-21(9-6-16)10-7-19-17(22)20-13-15-4-2-3-14(11-15)12-18/h2-4,11,16H,5-10,13H2,1H3,(H2,19,20,22). The highest BCUT2D eigenvalue weighted by Gasteiger charge is 2.18. The highest BCUT2D eigenvalue weighted by atomic mass is 16.5. The summed E-state index contributed by atoms with van der Waals surface area (Å²) in [4.78, 5) is 14.1. The molecule has 23 heavy (non-hydrogen) atoms. The summed E-state index contributed by atoms with van der Waals surface area (Å²) in [5, 5.41) is 14.5. The lowest BCUT2D eigenvalue weighted by Crippen LogP contribution is -2.43. The van der Waals surface area contributed by atoms with Crippen molar-refractivity contribution in [3.63, 3.8) is 0 Å². The topological polar surface area (TPSA) is 77.4 Å². The molecule has 0 spiro atoms. The maximum atomic E-state index is 11.8. The van der Waals surface area contributed by atoms with Crippen LogP contribution in [0.5, 0.6) is 0 Å². The van der Waals surface area contributed by atoms with Crippen molar-refractivity contribution in [1.82, 2.24) is 15.5 Å². The smallest absolute Gasteiger partial charge is 0.315 e. The number of hydrogen-bond donors (Lipinski definition) is 2. The van der Waals surface area contributed by atoms with Gasteiger partial charge in [-0.15, -0.1) is 0 Å². The summed E-state index contributed by atoms with van der Waals surface area (Å²) in [5.41, 5.74) is 1.52. The van der Waals surface area contributed by atoms with Crippen LogP contribution < -0.4 is 10.6 Å². The van der Waals surface area contributed by atoms with Crippen LogP contribution in [-0.4, -0.2) is 50.3 Å². The average molecular weight is 316 g/mol. The third-order valence-corrected chi connectivity index (χ3v) is 4.09. The van der Waals surface area contributed by atoms with Gasteiger partial charge >= 0.3 is 6.03 Å². The second-order valence-corrected chi connectivity index (χ2v) is 5.70. The van der Waals surface area contributed by atoms with E-state index in [-0.39, 0.29) is 6.03 Å². The second-order valence-electron chi connectivity index (χ2n) is 5.70. The lowest BCUT2D eigenvalue weighted by Gasteiger charge is -2.31. The van der Waals surface area contributed by atoms with E-state index in [9.17, 15) is 4.79 Å². The monoisotopic (exact) mass is 316 g/mol. The molecule has 0 unspecified atom stereocenters. The van der Waals surface area contributed by atoms with E-state index in [2.05, 4.69) is 21.6 Å². The minimum Gasteiger partial charge on any atom is -0.381 e. The number of likely N-dealkylation sites (tertiary alicyclic amines) is 1. The zero-order chi connectivity index (χ0) is 16.5. The van der Waals surface area contributed by atoms with E-state index in [0.717, 1.165) is 38.0 Å². The van der Waals surface area contributed by atoms with Gasteiger partial charge in [0.1, 0.15) is 0 Å². The van der Waals surface area contributed by atoms with Gasteiger partial charge in [-0.3, -0.25) is 0 Å². The van der Waals surface area contributed by atoms with Crippen molar-refractivity contribution < 1.29 is 9.53 Å². The fourth-order valence-corrected chi connectivity index (χ4v) is 2.69. The van der Waals surface area contributed by atoms with Crippen LogP contribution in [0.15, 0.2) is 24.3 Å². The van der Waals surface area contributed by atoms with E-state index >= 15 is 0 Å². The molecule has 1 fully saturated rings. The fourth-order valence-electron chi connectivity index (χ4n) is 2.69. The molecule has 6 heteroatoms. The molecule has 0 bridgehead atoms.